The quantitative estimate of drug-likeness (QED) is 0.459. The third-order valence-electron chi connectivity index (χ3n) is 3.62. The summed E-state index contributed by atoms with van der Waals surface area (Å²) >= 11 is 9.49. The van der Waals surface area contributed by atoms with E-state index in [1.165, 1.54) is 0 Å². The molecule has 0 unspecified atom stereocenters. The standard InChI is InChI=1S/C19H20BrClO3/c1-11(2)15-9-16(20)12(3)8-18(15)23-10-19(22)24-14-5-6-17(21)13(4)7-14/h5-9,11H,10H2,1-4H3. The molecule has 2 rings (SSSR count). The summed E-state index contributed by atoms with van der Waals surface area (Å²) in [5.74, 6) is 0.996. The van der Waals surface area contributed by atoms with Crippen LogP contribution in [0.3, 0.4) is 0 Å². The Labute approximate surface area is 156 Å². The molecule has 0 aromatic heterocycles. The van der Waals surface area contributed by atoms with Gasteiger partial charge in [0.15, 0.2) is 6.61 Å². The Morgan fingerprint density at radius 3 is 2.50 bits per heavy atom. The maximum absolute atomic E-state index is 12.0. The highest BCUT2D eigenvalue weighted by Gasteiger charge is 2.13. The van der Waals surface area contributed by atoms with Crippen LogP contribution in [0.25, 0.3) is 0 Å². The van der Waals surface area contributed by atoms with E-state index in [1.54, 1.807) is 18.2 Å². The summed E-state index contributed by atoms with van der Waals surface area (Å²) in [6, 6.07) is 9.05. The predicted octanol–water partition coefficient (Wildman–Crippen LogP) is 5.83. The van der Waals surface area contributed by atoms with Gasteiger partial charge in [0.05, 0.1) is 0 Å². The minimum absolute atomic E-state index is 0.150. The average Bonchev–Trinajstić information content (AvgIpc) is 2.51. The molecule has 0 aliphatic rings. The molecule has 0 radical (unpaired) electrons. The van der Waals surface area contributed by atoms with Gasteiger partial charge in [-0.2, -0.15) is 0 Å². The lowest BCUT2D eigenvalue weighted by molar-refractivity contribution is -0.136. The first-order valence-electron chi connectivity index (χ1n) is 7.67. The minimum atomic E-state index is -0.452. The molecule has 128 valence electrons. The molecule has 0 bridgehead atoms. The summed E-state index contributed by atoms with van der Waals surface area (Å²) in [5.41, 5.74) is 2.95. The summed E-state index contributed by atoms with van der Waals surface area (Å²) in [7, 11) is 0. The van der Waals surface area contributed by atoms with Gasteiger partial charge < -0.3 is 9.47 Å². The molecule has 5 heteroatoms. The fourth-order valence-electron chi connectivity index (χ4n) is 2.22. The lowest BCUT2D eigenvalue weighted by Crippen LogP contribution is -2.18. The highest BCUT2D eigenvalue weighted by molar-refractivity contribution is 9.10. The van der Waals surface area contributed by atoms with E-state index in [4.69, 9.17) is 21.1 Å². The molecule has 0 atom stereocenters. The molecule has 3 nitrogen and oxygen atoms in total. The van der Waals surface area contributed by atoms with Gasteiger partial charge in [-0.25, -0.2) is 4.79 Å². The number of hydrogen-bond donors (Lipinski definition) is 0. The maximum Gasteiger partial charge on any atom is 0.349 e. The van der Waals surface area contributed by atoms with Crippen molar-refractivity contribution in [3.63, 3.8) is 0 Å². The van der Waals surface area contributed by atoms with E-state index in [1.807, 2.05) is 26.0 Å². The molecule has 0 aliphatic heterocycles. The predicted molar refractivity (Wildman–Crippen MR) is 100 cm³/mol. The largest absolute Gasteiger partial charge is 0.482 e. The van der Waals surface area contributed by atoms with Gasteiger partial charge in [0.25, 0.3) is 0 Å². The smallest absolute Gasteiger partial charge is 0.349 e. The number of esters is 1. The molecule has 2 aromatic rings. The highest BCUT2D eigenvalue weighted by Crippen LogP contribution is 2.32. The number of ether oxygens (including phenoxy) is 2. The third kappa shape index (κ3) is 4.74. The van der Waals surface area contributed by atoms with Crippen molar-refractivity contribution in [2.45, 2.75) is 33.6 Å². The van der Waals surface area contributed by atoms with Crippen LogP contribution in [0, 0.1) is 13.8 Å². The van der Waals surface area contributed by atoms with E-state index in [0.29, 0.717) is 16.5 Å². The molecule has 0 saturated heterocycles. The number of halogens is 2. The van der Waals surface area contributed by atoms with E-state index in [0.717, 1.165) is 21.2 Å². The molecule has 0 fully saturated rings. The van der Waals surface area contributed by atoms with Gasteiger partial charge in [0.2, 0.25) is 0 Å². The summed E-state index contributed by atoms with van der Waals surface area (Å²) < 4.78 is 12.0. The molecule has 0 aliphatic carbocycles. The van der Waals surface area contributed by atoms with Crippen LogP contribution >= 0.6 is 27.5 Å². The molecule has 0 spiro atoms. The van der Waals surface area contributed by atoms with Gasteiger partial charge in [-0.05, 0) is 66.8 Å². The van der Waals surface area contributed by atoms with E-state index < -0.39 is 5.97 Å². The van der Waals surface area contributed by atoms with E-state index in [2.05, 4.69) is 29.8 Å². The van der Waals surface area contributed by atoms with Crippen molar-refractivity contribution in [3.8, 4) is 11.5 Å². The summed E-state index contributed by atoms with van der Waals surface area (Å²) in [6.07, 6.45) is 0. The molecule has 0 heterocycles. The monoisotopic (exact) mass is 410 g/mol. The van der Waals surface area contributed by atoms with Gasteiger partial charge >= 0.3 is 5.97 Å². The highest BCUT2D eigenvalue weighted by atomic mass is 79.9. The van der Waals surface area contributed by atoms with Gasteiger partial charge in [-0.3, -0.25) is 0 Å². The Balaban J connectivity index is 2.06. The Bertz CT molecular complexity index is 757. The summed E-state index contributed by atoms with van der Waals surface area (Å²) in [4.78, 5) is 12.0. The van der Waals surface area contributed by atoms with Crippen molar-refractivity contribution in [3.05, 3.63) is 56.5 Å². The second-order valence-electron chi connectivity index (χ2n) is 5.97. The van der Waals surface area contributed by atoms with Gasteiger partial charge in [0.1, 0.15) is 11.5 Å². The number of carbonyl (C=O) groups is 1. The van der Waals surface area contributed by atoms with Crippen LogP contribution in [0.15, 0.2) is 34.8 Å². The van der Waals surface area contributed by atoms with Crippen LogP contribution < -0.4 is 9.47 Å². The number of benzene rings is 2. The molecule has 0 N–H and O–H groups in total. The first kappa shape index (κ1) is 18.8. The van der Waals surface area contributed by atoms with Gasteiger partial charge in [-0.1, -0.05) is 41.4 Å². The summed E-state index contributed by atoms with van der Waals surface area (Å²) in [5, 5.41) is 0.637. The van der Waals surface area contributed by atoms with Crippen LogP contribution in [-0.4, -0.2) is 12.6 Å². The van der Waals surface area contributed by atoms with Crippen LogP contribution in [0.1, 0.15) is 36.5 Å². The topological polar surface area (TPSA) is 35.5 Å². The van der Waals surface area contributed by atoms with Gasteiger partial charge in [0, 0.05) is 9.50 Å². The van der Waals surface area contributed by atoms with Crippen LogP contribution in [0.5, 0.6) is 11.5 Å². The van der Waals surface area contributed by atoms with Crippen molar-refractivity contribution >= 4 is 33.5 Å². The Morgan fingerprint density at radius 1 is 1.17 bits per heavy atom. The molecule has 0 saturated carbocycles. The molecular weight excluding hydrogens is 392 g/mol. The number of carbonyl (C=O) groups excluding carboxylic acids is 1. The first-order chi connectivity index (χ1) is 11.3. The molecular formula is C19H20BrClO3. The lowest BCUT2D eigenvalue weighted by atomic mass is 10.0. The van der Waals surface area contributed by atoms with Crippen molar-refractivity contribution < 1.29 is 14.3 Å². The fraction of sp³-hybridized carbons (Fsp3) is 0.316. The van der Waals surface area contributed by atoms with Crippen LogP contribution in [0.2, 0.25) is 5.02 Å². The normalized spacial score (nSPS) is 10.8. The average molecular weight is 412 g/mol. The number of hydrogen-bond acceptors (Lipinski definition) is 3. The number of rotatable bonds is 5. The van der Waals surface area contributed by atoms with E-state index in [9.17, 15) is 4.79 Å². The first-order valence-corrected chi connectivity index (χ1v) is 8.84. The summed E-state index contributed by atoms with van der Waals surface area (Å²) in [6.45, 7) is 7.85. The second kappa shape index (κ2) is 8.04. The lowest BCUT2D eigenvalue weighted by Gasteiger charge is -2.15. The third-order valence-corrected chi connectivity index (χ3v) is 4.90. The Morgan fingerprint density at radius 2 is 1.88 bits per heavy atom. The molecule has 0 amide bonds. The van der Waals surface area contributed by atoms with Crippen molar-refractivity contribution in [2.24, 2.45) is 0 Å². The fourth-order valence-corrected chi connectivity index (χ4v) is 2.70. The number of aryl methyl sites for hydroxylation is 2. The van der Waals surface area contributed by atoms with Crippen molar-refractivity contribution in [2.75, 3.05) is 6.61 Å². The molecule has 24 heavy (non-hydrogen) atoms. The van der Waals surface area contributed by atoms with Gasteiger partial charge in [-0.15, -0.1) is 0 Å². The Hall–Kier alpha value is -1.52. The zero-order chi connectivity index (χ0) is 17.9. The zero-order valence-electron chi connectivity index (χ0n) is 14.2. The van der Waals surface area contributed by atoms with E-state index in [-0.39, 0.29) is 12.5 Å². The van der Waals surface area contributed by atoms with Crippen molar-refractivity contribution in [1.82, 2.24) is 0 Å². The van der Waals surface area contributed by atoms with Crippen LogP contribution in [0.4, 0.5) is 0 Å². The van der Waals surface area contributed by atoms with E-state index >= 15 is 0 Å². The van der Waals surface area contributed by atoms with Crippen molar-refractivity contribution in [1.29, 1.82) is 0 Å². The van der Waals surface area contributed by atoms with Crippen LogP contribution in [-0.2, 0) is 4.79 Å². The Kier molecular flexibility index (Phi) is 6.30. The minimum Gasteiger partial charge on any atom is -0.482 e. The molecule has 2 aromatic carbocycles. The zero-order valence-corrected chi connectivity index (χ0v) is 16.5. The maximum atomic E-state index is 12.0. The SMILES string of the molecule is Cc1cc(OC(=O)COc2cc(C)c(Br)cc2C(C)C)ccc1Cl. The second-order valence-corrected chi connectivity index (χ2v) is 7.23.